The molecule has 1 aliphatic rings. The van der Waals surface area contributed by atoms with Gasteiger partial charge in [0.2, 0.25) is 10.0 Å². The van der Waals surface area contributed by atoms with Crippen molar-refractivity contribution >= 4 is 15.9 Å². The molecule has 2 aromatic carbocycles. The van der Waals surface area contributed by atoms with E-state index in [1.165, 1.54) is 6.07 Å². The van der Waals surface area contributed by atoms with Gasteiger partial charge in [-0.15, -0.1) is 0 Å². The SMILES string of the molecule is COc1ccccc1CCCNC(=O)c1ccc(C)c(S(=O)(=O)N2CCCCCC2)c1. The first-order chi connectivity index (χ1) is 14.9. The number of carbonyl (C=O) groups excluding carboxylic acids is 1. The van der Waals surface area contributed by atoms with Crippen LogP contribution < -0.4 is 10.1 Å². The predicted octanol–water partition coefficient (Wildman–Crippen LogP) is 3.93. The number of para-hydroxylation sites is 1. The fourth-order valence-electron chi connectivity index (χ4n) is 3.93. The monoisotopic (exact) mass is 444 g/mol. The Kier molecular flexibility index (Phi) is 8.09. The highest BCUT2D eigenvalue weighted by Gasteiger charge is 2.27. The van der Waals surface area contributed by atoms with Crippen molar-refractivity contribution in [1.82, 2.24) is 9.62 Å². The first-order valence-corrected chi connectivity index (χ1v) is 12.4. The molecule has 168 valence electrons. The number of rotatable bonds is 8. The molecule has 7 heteroatoms. The van der Waals surface area contributed by atoms with Crippen molar-refractivity contribution in [2.24, 2.45) is 0 Å². The third-order valence-electron chi connectivity index (χ3n) is 5.73. The van der Waals surface area contributed by atoms with Gasteiger partial charge in [0, 0.05) is 25.2 Å². The number of benzene rings is 2. The summed E-state index contributed by atoms with van der Waals surface area (Å²) in [5.74, 6) is 0.586. The van der Waals surface area contributed by atoms with Crippen molar-refractivity contribution in [3.63, 3.8) is 0 Å². The average Bonchev–Trinajstić information content (AvgIpc) is 3.07. The molecule has 31 heavy (non-hydrogen) atoms. The quantitative estimate of drug-likeness (QED) is 0.626. The minimum absolute atomic E-state index is 0.232. The third kappa shape index (κ3) is 5.86. The smallest absolute Gasteiger partial charge is 0.251 e. The minimum atomic E-state index is -3.60. The Labute approximate surface area is 185 Å². The van der Waals surface area contributed by atoms with Gasteiger partial charge in [0.1, 0.15) is 5.75 Å². The second-order valence-corrected chi connectivity index (χ2v) is 9.88. The Morgan fingerprint density at radius 1 is 1.06 bits per heavy atom. The lowest BCUT2D eigenvalue weighted by Crippen LogP contribution is -2.32. The first-order valence-electron chi connectivity index (χ1n) is 10.9. The maximum atomic E-state index is 13.2. The van der Waals surface area contributed by atoms with Gasteiger partial charge in [-0.1, -0.05) is 37.1 Å². The van der Waals surface area contributed by atoms with Gasteiger partial charge in [-0.3, -0.25) is 4.79 Å². The van der Waals surface area contributed by atoms with Crippen molar-refractivity contribution in [3.05, 3.63) is 59.2 Å². The van der Waals surface area contributed by atoms with Crippen LogP contribution in [0.3, 0.4) is 0 Å². The molecule has 3 rings (SSSR count). The zero-order valence-corrected chi connectivity index (χ0v) is 19.2. The second kappa shape index (κ2) is 10.8. The van der Waals surface area contributed by atoms with Crippen LogP contribution in [0.1, 0.15) is 53.6 Å². The van der Waals surface area contributed by atoms with Crippen LogP contribution in [0.25, 0.3) is 0 Å². The van der Waals surface area contributed by atoms with Crippen molar-refractivity contribution in [2.45, 2.75) is 50.3 Å². The number of hydrogen-bond donors (Lipinski definition) is 1. The Morgan fingerprint density at radius 3 is 2.48 bits per heavy atom. The molecule has 0 aliphatic carbocycles. The first kappa shape index (κ1) is 23.3. The molecule has 0 saturated carbocycles. The lowest BCUT2D eigenvalue weighted by Gasteiger charge is -2.21. The van der Waals surface area contributed by atoms with E-state index >= 15 is 0 Å². The summed E-state index contributed by atoms with van der Waals surface area (Å²) in [4.78, 5) is 12.9. The molecule has 0 spiro atoms. The van der Waals surface area contributed by atoms with E-state index in [1.54, 1.807) is 30.5 Å². The van der Waals surface area contributed by atoms with Crippen molar-refractivity contribution in [2.75, 3.05) is 26.7 Å². The van der Waals surface area contributed by atoms with Crippen molar-refractivity contribution in [1.29, 1.82) is 0 Å². The highest BCUT2D eigenvalue weighted by Crippen LogP contribution is 2.24. The molecule has 1 saturated heterocycles. The second-order valence-electron chi connectivity index (χ2n) is 7.97. The average molecular weight is 445 g/mol. The van der Waals surface area contributed by atoms with Gasteiger partial charge < -0.3 is 10.1 Å². The molecule has 0 unspecified atom stereocenters. The molecule has 2 aromatic rings. The zero-order valence-electron chi connectivity index (χ0n) is 18.4. The maximum Gasteiger partial charge on any atom is 0.251 e. The molecule has 6 nitrogen and oxygen atoms in total. The van der Waals surface area contributed by atoms with E-state index < -0.39 is 10.0 Å². The summed E-state index contributed by atoms with van der Waals surface area (Å²) in [6, 6.07) is 12.8. The number of methoxy groups -OCH3 is 1. The number of carbonyl (C=O) groups is 1. The summed E-state index contributed by atoms with van der Waals surface area (Å²) in [5.41, 5.74) is 2.13. The predicted molar refractivity (Wildman–Crippen MR) is 122 cm³/mol. The standard InChI is InChI=1S/C24H32N2O4S/c1-19-13-14-21(18-23(19)31(28,29)26-16-7-3-4-8-17-26)24(27)25-15-9-11-20-10-5-6-12-22(20)30-2/h5-6,10,12-14,18H,3-4,7-9,11,15-17H2,1-2H3,(H,25,27). The number of ether oxygens (including phenoxy) is 1. The summed E-state index contributed by atoms with van der Waals surface area (Å²) >= 11 is 0. The highest BCUT2D eigenvalue weighted by atomic mass is 32.2. The molecule has 1 N–H and O–H groups in total. The van der Waals surface area contributed by atoms with Crippen LogP contribution in [0.2, 0.25) is 0 Å². The highest BCUT2D eigenvalue weighted by molar-refractivity contribution is 7.89. The van der Waals surface area contributed by atoms with Crippen LogP contribution in [0.15, 0.2) is 47.4 Å². The molecule has 0 radical (unpaired) electrons. The van der Waals surface area contributed by atoms with Crippen LogP contribution >= 0.6 is 0 Å². The number of hydrogen-bond acceptors (Lipinski definition) is 4. The molecule has 0 aromatic heterocycles. The van der Waals surface area contributed by atoms with E-state index in [9.17, 15) is 13.2 Å². The van der Waals surface area contributed by atoms with E-state index in [0.29, 0.717) is 30.8 Å². The Morgan fingerprint density at radius 2 is 1.77 bits per heavy atom. The van der Waals surface area contributed by atoms with Crippen molar-refractivity contribution < 1.29 is 17.9 Å². The van der Waals surface area contributed by atoms with E-state index in [4.69, 9.17) is 4.74 Å². The van der Waals surface area contributed by atoms with Crippen LogP contribution in [0.4, 0.5) is 0 Å². The molecular weight excluding hydrogens is 412 g/mol. The van der Waals surface area contributed by atoms with Crippen LogP contribution in [-0.2, 0) is 16.4 Å². The van der Waals surface area contributed by atoms with E-state index in [1.807, 2.05) is 24.3 Å². The normalized spacial score (nSPS) is 15.3. The van der Waals surface area contributed by atoms with E-state index in [2.05, 4.69) is 5.32 Å². The number of sulfonamides is 1. The molecule has 0 bridgehead atoms. The van der Waals surface area contributed by atoms with Gasteiger partial charge in [0.25, 0.3) is 5.91 Å². The van der Waals surface area contributed by atoms with Gasteiger partial charge in [0.05, 0.1) is 12.0 Å². The molecule has 0 atom stereocenters. The maximum absolute atomic E-state index is 13.2. The Hall–Kier alpha value is -2.38. The van der Waals surface area contributed by atoms with Crippen LogP contribution in [0.5, 0.6) is 5.75 Å². The Balaban J connectivity index is 1.64. The topological polar surface area (TPSA) is 75.7 Å². The number of nitrogens with one attached hydrogen (secondary N) is 1. The summed E-state index contributed by atoms with van der Waals surface area (Å²) in [6.45, 7) is 3.36. The summed E-state index contributed by atoms with van der Waals surface area (Å²) in [6.07, 6.45) is 5.42. The van der Waals surface area contributed by atoms with E-state index in [-0.39, 0.29) is 10.8 Å². The lowest BCUT2D eigenvalue weighted by atomic mass is 10.1. The van der Waals surface area contributed by atoms with E-state index in [0.717, 1.165) is 49.8 Å². The number of nitrogens with zero attached hydrogens (tertiary/aromatic N) is 1. The minimum Gasteiger partial charge on any atom is -0.496 e. The molecule has 1 heterocycles. The zero-order chi connectivity index (χ0) is 22.3. The van der Waals surface area contributed by atoms with Crippen LogP contribution in [-0.4, -0.2) is 45.4 Å². The summed E-state index contributed by atoms with van der Waals surface area (Å²) < 4.78 is 33.3. The lowest BCUT2D eigenvalue weighted by molar-refractivity contribution is 0.0953. The van der Waals surface area contributed by atoms with Gasteiger partial charge in [0.15, 0.2) is 0 Å². The Bertz CT molecular complexity index is 996. The molecule has 1 fully saturated rings. The molecule has 1 aliphatic heterocycles. The van der Waals surface area contributed by atoms with Gasteiger partial charge in [-0.25, -0.2) is 8.42 Å². The fraction of sp³-hybridized carbons (Fsp3) is 0.458. The molecular formula is C24H32N2O4S. The number of amides is 1. The van der Waals surface area contributed by atoms with Gasteiger partial charge in [-0.2, -0.15) is 4.31 Å². The van der Waals surface area contributed by atoms with Crippen molar-refractivity contribution in [3.8, 4) is 5.75 Å². The largest absolute Gasteiger partial charge is 0.496 e. The van der Waals surface area contributed by atoms with Gasteiger partial charge in [-0.05, 0) is 61.9 Å². The summed E-state index contributed by atoms with van der Waals surface area (Å²) in [7, 11) is -1.95. The number of aryl methyl sites for hydroxylation is 2. The fourth-order valence-corrected chi connectivity index (χ4v) is 5.70. The third-order valence-corrected chi connectivity index (χ3v) is 7.77. The van der Waals surface area contributed by atoms with Gasteiger partial charge >= 0.3 is 0 Å². The van der Waals surface area contributed by atoms with Crippen LogP contribution in [0, 0.1) is 6.92 Å². The molecule has 1 amide bonds. The summed E-state index contributed by atoms with van der Waals surface area (Å²) in [5, 5.41) is 2.91.